The zero-order valence-corrected chi connectivity index (χ0v) is 11.4. The molecule has 2 aliphatic rings. The summed E-state index contributed by atoms with van der Waals surface area (Å²) in [5.74, 6) is 0. The normalized spacial score (nSPS) is 40.0. The maximum atomic E-state index is 9.79. The summed E-state index contributed by atoms with van der Waals surface area (Å²) in [5.41, 5.74) is 0. The lowest BCUT2D eigenvalue weighted by molar-refractivity contribution is -0.109. The maximum absolute atomic E-state index is 9.79. The molecule has 0 radical (unpaired) electrons. The van der Waals surface area contributed by atoms with Crippen LogP contribution in [0.15, 0.2) is 0 Å². The molecule has 106 valence electrons. The second-order valence-electron chi connectivity index (χ2n) is 5.53. The number of rotatable bonds is 5. The van der Waals surface area contributed by atoms with Gasteiger partial charge in [0.25, 0.3) is 0 Å². The van der Waals surface area contributed by atoms with Gasteiger partial charge in [0.05, 0.1) is 36.6 Å². The fourth-order valence-corrected chi connectivity index (χ4v) is 3.02. The first kappa shape index (κ1) is 14.3. The Bertz CT molecular complexity index is 232. The highest BCUT2D eigenvalue weighted by Gasteiger charge is 2.40. The predicted octanol–water partition coefficient (Wildman–Crippen LogP) is 1.62. The quantitative estimate of drug-likeness (QED) is 0.787. The minimum atomic E-state index is -0.353. The highest BCUT2D eigenvalue weighted by molar-refractivity contribution is 4.88. The van der Waals surface area contributed by atoms with Crippen LogP contribution in [0, 0.1) is 0 Å². The van der Waals surface area contributed by atoms with E-state index in [2.05, 4.69) is 0 Å². The van der Waals surface area contributed by atoms with Crippen molar-refractivity contribution in [2.75, 3.05) is 0 Å². The van der Waals surface area contributed by atoms with Gasteiger partial charge in [0, 0.05) is 0 Å². The number of aliphatic hydroxyl groups is 2. The van der Waals surface area contributed by atoms with Gasteiger partial charge in [-0.15, -0.1) is 0 Å². The van der Waals surface area contributed by atoms with Crippen LogP contribution in [0.3, 0.4) is 0 Å². The lowest BCUT2D eigenvalue weighted by Gasteiger charge is -2.23. The molecule has 0 aromatic rings. The monoisotopic (exact) mass is 258 g/mol. The van der Waals surface area contributed by atoms with Crippen LogP contribution in [0.4, 0.5) is 0 Å². The second kappa shape index (κ2) is 6.33. The third kappa shape index (κ3) is 3.05. The van der Waals surface area contributed by atoms with Crippen molar-refractivity contribution < 1.29 is 19.7 Å². The van der Waals surface area contributed by atoms with E-state index in [-0.39, 0.29) is 36.6 Å². The van der Waals surface area contributed by atoms with Gasteiger partial charge >= 0.3 is 0 Å². The summed E-state index contributed by atoms with van der Waals surface area (Å²) in [6.45, 7) is 3.95. The fourth-order valence-electron chi connectivity index (χ4n) is 3.02. The lowest BCUT2D eigenvalue weighted by Crippen LogP contribution is -2.32. The van der Waals surface area contributed by atoms with Gasteiger partial charge in [0.2, 0.25) is 0 Å². The van der Waals surface area contributed by atoms with Crippen molar-refractivity contribution in [2.24, 2.45) is 0 Å². The molecule has 0 unspecified atom stereocenters. The van der Waals surface area contributed by atoms with Gasteiger partial charge in [-0.3, -0.25) is 0 Å². The maximum Gasteiger partial charge on any atom is 0.0842 e. The van der Waals surface area contributed by atoms with Crippen molar-refractivity contribution in [1.29, 1.82) is 0 Å². The molecule has 2 aliphatic heterocycles. The van der Waals surface area contributed by atoms with E-state index in [0.29, 0.717) is 0 Å². The Labute approximate surface area is 109 Å². The average molecular weight is 258 g/mol. The molecule has 2 saturated heterocycles. The standard InChI is InChI=1S/C14H26O4/c1-3-9(15)11-5-7-13(17-11)14-8-6-12(18-14)10(16)4-2/h9-16H,3-8H2,1-2H3/t9-,10-,11+,12+,13+,14+/m0/s1. The number of aliphatic hydroxyl groups excluding tert-OH is 2. The van der Waals surface area contributed by atoms with E-state index >= 15 is 0 Å². The van der Waals surface area contributed by atoms with Crippen LogP contribution in [0.5, 0.6) is 0 Å². The van der Waals surface area contributed by atoms with Crippen molar-refractivity contribution in [3.8, 4) is 0 Å². The molecule has 0 amide bonds. The van der Waals surface area contributed by atoms with Gasteiger partial charge in [0.1, 0.15) is 0 Å². The predicted molar refractivity (Wildman–Crippen MR) is 68.4 cm³/mol. The third-order valence-electron chi connectivity index (χ3n) is 4.28. The fraction of sp³-hybridized carbons (Fsp3) is 1.00. The summed E-state index contributed by atoms with van der Waals surface area (Å²) < 4.78 is 11.8. The zero-order valence-electron chi connectivity index (χ0n) is 11.4. The summed E-state index contributed by atoms with van der Waals surface area (Å²) in [6.07, 6.45) is 4.67. The molecular weight excluding hydrogens is 232 g/mol. The van der Waals surface area contributed by atoms with Gasteiger partial charge < -0.3 is 19.7 Å². The van der Waals surface area contributed by atoms with Crippen molar-refractivity contribution >= 4 is 0 Å². The van der Waals surface area contributed by atoms with Crippen LogP contribution in [0.25, 0.3) is 0 Å². The number of ether oxygens (including phenoxy) is 2. The topological polar surface area (TPSA) is 58.9 Å². The van der Waals surface area contributed by atoms with E-state index in [1.54, 1.807) is 0 Å². The highest BCUT2D eigenvalue weighted by atomic mass is 16.6. The molecule has 0 spiro atoms. The van der Waals surface area contributed by atoms with E-state index in [1.807, 2.05) is 13.8 Å². The van der Waals surface area contributed by atoms with Gasteiger partial charge in [0.15, 0.2) is 0 Å². The van der Waals surface area contributed by atoms with Crippen LogP contribution in [-0.4, -0.2) is 46.8 Å². The Morgan fingerprint density at radius 3 is 1.56 bits per heavy atom. The minimum Gasteiger partial charge on any atom is -0.390 e. The van der Waals surface area contributed by atoms with Crippen molar-refractivity contribution in [2.45, 2.75) is 89.0 Å². The SMILES string of the molecule is CC[C@H](O)[C@H]1CC[C@H]([C@H]2CC[C@H]([C@@H](O)CC)O2)O1. The largest absolute Gasteiger partial charge is 0.390 e. The first-order chi connectivity index (χ1) is 8.65. The number of hydrogen-bond donors (Lipinski definition) is 2. The molecule has 0 saturated carbocycles. The Morgan fingerprint density at radius 1 is 0.833 bits per heavy atom. The Hall–Kier alpha value is -0.160. The molecule has 2 fully saturated rings. The van der Waals surface area contributed by atoms with Crippen molar-refractivity contribution in [1.82, 2.24) is 0 Å². The third-order valence-corrected chi connectivity index (χ3v) is 4.28. The highest BCUT2D eigenvalue weighted by Crippen LogP contribution is 2.33. The Balaban J connectivity index is 1.81. The molecule has 18 heavy (non-hydrogen) atoms. The van der Waals surface area contributed by atoms with Crippen LogP contribution in [0.1, 0.15) is 52.4 Å². The molecule has 4 heteroatoms. The molecule has 0 aromatic heterocycles. The first-order valence-electron chi connectivity index (χ1n) is 7.32. The molecule has 6 atom stereocenters. The van der Waals surface area contributed by atoms with Crippen LogP contribution < -0.4 is 0 Å². The van der Waals surface area contributed by atoms with Crippen molar-refractivity contribution in [3.63, 3.8) is 0 Å². The van der Waals surface area contributed by atoms with Gasteiger partial charge in [-0.2, -0.15) is 0 Å². The summed E-state index contributed by atoms with van der Waals surface area (Å²) in [6, 6.07) is 0. The Morgan fingerprint density at radius 2 is 1.22 bits per heavy atom. The molecule has 0 aliphatic carbocycles. The van der Waals surface area contributed by atoms with Gasteiger partial charge in [-0.1, -0.05) is 13.8 Å². The van der Waals surface area contributed by atoms with E-state index < -0.39 is 0 Å². The molecule has 0 bridgehead atoms. The average Bonchev–Trinajstić information content (AvgIpc) is 3.04. The molecule has 4 nitrogen and oxygen atoms in total. The first-order valence-corrected chi connectivity index (χ1v) is 7.32. The Kier molecular flexibility index (Phi) is 5.01. The van der Waals surface area contributed by atoms with E-state index in [1.165, 1.54) is 0 Å². The van der Waals surface area contributed by atoms with Gasteiger partial charge in [-0.05, 0) is 38.5 Å². The lowest BCUT2D eigenvalue weighted by atomic mass is 10.0. The molecule has 0 aromatic carbocycles. The van der Waals surface area contributed by atoms with Crippen LogP contribution >= 0.6 is 0 Å². The molecule has 2 heterocycles. The molecule has 2 rings (SSSR count). The summed E-state index contributed by atoms with van der Waals surface area (Å²) in [7, 11) is 0. The van der Waals surface area contributed by atoms with Crippen molar-refractivity contribution in [3.05, 3.63) is 0 Å². The second-order valence-corrected chi connectivity index (χ2v) is 5.53. The smallest absolute Gasteiger partial charge is 0.0842 e. The van der Waals surface area contributed by atoms with Crippen LogP contribution in [-0.2, 0) is 9.47 Å². The summed E-state index contributed by atoms with van der Waals surface area (Å²) >= 11 is 0. The molecular formula is C14H26O4. The summed E-state index contributed by atoms with van der Waals surface area (Å²) in [4.78, 5) is 0. The zero-order chi connectivity index (χ0) is 13.1. The van der Waals surface area contributed by atoms with Crippen LogP contribution in [0.2, 0.25) is 0 Å². The van der Waals surface area contributed by atoms with E-state index in [9.17, 15) is 10.2 Å². The van der Waals surface area contributed by atoms with E-state index in [0.717, 1.165) is 38.5 Å². The number of hydrogen-bond acceptors (Lipinski definition) is 4. The molecule has 2 N–H and O–H groups in total. The van der Waals surface area contributed by atoms with E-state index in [4.69, 9.17) is 9.47 Å². The summed E-state index contributed by atoms with van der Waals surface area (Å²) in [5, 5.41) is 19.6. The van der Waals surface area contributed by atoms with Gasteiger partial charge in [-0.25, -0.2) is 0 Å². The minimum absolute atomic E-state index is 0.0289.